The number of aromatic nitrogens is 3. The lowest BCUT2D eigenvalue weighted by Crippen LogP contribution is -2.38. The average molecular weight is 417 g/mol. The molecule has 0 atom stereocenters. The Hall–Kier alpha value is -2.39. The first-order valence-electron chi connectivity index (χ1n) is 10.1. The number of hydrogen-bond donors (Lipinski definition) is 1. The van der Waals surface area contributed by atoms with Crippen LogP contribution in [-0.4, -0.2) is 33.5 Å². The van der Waals surface area contributed by atoms with Gasteiger partial charge < -0.3 is 4.42 Å². The van der Waals surface area contributed by atoms with Gasteiger partial charge in [-0.05, 0) is 55.9 Å². The van der Waals surface area contributed by atoms with E-state index in [1.807, 2.05) is 11.7 Å². The van der Waals surface area contributed by atoms with Gasteiger partial charge in [0.1, 0.15) is 0 Å². The number of oxazole rings is 1. The Morgan fingerprint density at radius 2 is 2.03 bits per heavy atom. The van der Waals surface area contributed by atoms with Crippen molar-refractivity contribution in [3.8, 4) is 0 Å². The Morgan fingerprint density at radius 3 is 2.83 bits per heavy atom. The van der Waals surface area contributed by atoms with Crippen LogP contribution in [-0.2, 0) is 36.5 Å². The van der Waals surface area contributed by atoms with Crippen LogP contribution in [0.4, 0.5) is 0 Å². The van der Waals surface area contributed by atoms with E-state index in [2.05, 4.69) is 10.1 Å². The van der Waals surface area contributed by atoms with Crippen LogP contribution in [0.25, 0.3) is 11.1 Å². The predicted octanol–water partition coefficient (Wildman–Crippen LogP) is 2.48. The van der Waals surface area contributed by atoms with Crippen molar-refractivity contribution in [3.63, 3.8) is 0 Å². The number of nitrogens with zero attached hydrogens (tertiary/aromatic N) is 3. The first-order valence-corrected chi connectivity index (χ1v) is 11.6. The molecule has 2 aromatic heterocycles. The summed E-state index contributed by atoms with van der Waals surface area (Å²) in [6.07, 6.45) is 6.84. The summed E-state index contributed by atoms with van der Waals surface area (Å²) in [5, 5.41) is 4.65. The van der Waals surface area contributed by atoms with Crippen LogP contribution >= 0.6 is 0 Å². The topological polar surface area (TPSA) is 101 Å². The van der Waals surface area contributed by atoms with E-state index in [1.165, 1.54) is 29.5 Å². The van der Waals surface area contributed by atoms with E-state index < -0.39 is 15.8 Å². The molecule has 9 heteroatoms. The molecule has 1 fully saturated rings. The van der Waals surface area contributed by atoms with E-state index in [0.29, 0.717) is 11.1 Å². The molecule has 1 saturated carbocycles. The number of rotatable bonds is 5. The average Bonchev–Trinajstić information content (AvgIpc) is 3.45. The molecule has 0 radical (unpaired) electrons. The van der Waals surface area contributed by atoms with Gasteiger partial charge in [0, 0.05) is 18.8 Å². The lowest BCUT2D eigenvalue weighted by Gasteiger charge is -2.27. The summed E-state index contributed by atoms with van der Waals surface area (Å²) in [6.45, 7) is 0.288. The van der Waals surface area contributed by atoms with Crippen molar-refractivity contribution in [1.82, 2.24) is 19.1 Å². The number of aromatic amines is 1. The Morgan fingerprint density at radius 1 is 1.24 bits per heavy atom. The van der Waals surface area contributed by atoms with E-state index >= 15 is 0 Å². The molecule has 3 aromatic rings. The molecular formula is C20H24N4O4S. The highest BCUT2D eigenvalue weighted by atomic mass is 32.2. The van der Waals surface area contributed by atoms with Crippen LogP contribution in [0.1, 0.15) is 49.1 Å². The standard InChI is InChI=1S/C20H24N4O4S/c1-23-18-8-4-7-15(18)17(22-23)12-24(13-5-2-3-6-13)29(26,27)14-9-10-19-16(11-14)21-20(25)28-19/h9-11,13H,2-8,12H2,1H3,(H,21,25). The van der Waals surface area contributed by atoms with Crippen LogP contribution in [0.3, 0.4) is 0 Å². The first kappa shape index (κ1) is 18.6. The second-order valence-electron chi connectivity index (χ2n) is 8.01. The summed E-state index contributed by atoms with van der Waals surface area (Å²) >= 11 is 0. The molecule has 2 aliphatic rings. The molecule has 2 heterocycles. The second kappa shape index (κ2) is 6.84. The smallest absolute Gasteiger partial charge is 0.408 e. The Balaban J connectivity index is 1.56. The number of H-pyrrole nitrogens is 1. The molecule has 0 saturated heterocycles. The van der Waals surface area contributed by atoms with Crippen LogP contribution in [0.15, 0.2) is 32.3 Å². The van der Waals surface area contributed by atoms with Crippen LogP contribution in [0.5, 0.6) is 0 Å². The zero-order valence-electron chi connectivity index (χ0n) is 16.3. The SMILES string of the molecule is Cn1nc(CN(C2CCCC2)S(=O)(=O)c2ccc3oc(=O)[nH]c3c2)c2c1CCC2. The third-order valence-corrected chi connectivity index (χ3v) is 8.13. The maximum Gasteiger partial charge on any atom is 0.417 e. The Kier molecular flexibility index (Phi) is 4.40. The van der Waals surface area contributed by atoms with Crippen molar-refractivity contribution >= 4 is 21.1 Å². The maximum atomic E-state index is 13.6. The molecule has 0 bridgehead atoms. The summed E-state index contributed by atoms with van der Waals surface area (Å²) in [7, 11) is -1.82. The fraction of sp³-hybridized carbons (Fsp3) is 0.500. The highest BCUT2D eigenvalue weighted by Gasteiger charge is 2.35. The van der Waals surface area contributed by atoms with E-state index in [-0.39, 0.29) is 17.5 Å². The van der Waals surface area contributed by atoms with Gasteiger partial charge in [0.2, 0.25) is 10.0 Å². The zero-order chi connectivity index (χ0) is 20.2. The quantitative estimate of drug-likeness (QED) is 0.689. The van der Waals surface area contributed by atoms with Crippen LogP contribution in [0, 0.1) is 0 Å². The molecule has 0 spiro atoms. The maximum absolute atomic E-state index is 13.6. The summed E-state index contributed by atoms with van der Waals surface area (Å²) < 4.78 is 35.8. The van der Waals surface area contributed by atoms with E-state index in [9.17, 15) is 13.2 Å². The molecule has 154 valence electrons. The number of fused-ring (bicyclic) bond motifs is 2. The van der Waals surface area contributed by atoms with Crippen LogP contribution in [0.2, 0.25) is 0 Å². The molecule has 0 amide bonds. The van der Waals surface area contributed by atoms with E-state index in [0.717, 1.165) is 50.6 Å². The minimum Gasteiger partial charge on any atom is -0.408 e. The predicted molar refractivity (Wildman–Crippen MR) is 107 cm³/mol. The summed E-state index contributed by atoms with van der Waals surface area (Å²) in [5.74, 6) is -0.591. The van der Waals surface area contributed by atoms with Gasteiger partial charge in [0.25, 0.3) is 0 Å². The molecule has 1 aromatic carbocycles. The lowest BCUT2D eigenvalue weighted by molar-refractivity contribution is 0.311. The largest absolute Gasteiger partial charge is 0.417 e. The molecule has 29 heavy (non-hydrogen) atoms. The van der Waals surface area contributed by atoms with Gasteiger partial charge in [0.05, 0.1) is 22.7 Å². The second-order valence-corrected chi connectivity index (χ2v) is 9.90. The molecule has 2 aliphatic carbocycles. The van der Waals surface area contributed by atoms with Crippen molar-refractivity contribution in [2.24, 2.45) is 7.05 Å². The number of aryl methyl sites for hydroxylation is 1. The molecule has 1 N–H and O–H groups in total. The fourth-order valence-electron chi connectivity index (χ4n) is 4.80. The van der Waals surface area contributed by atoms with E-state index in [4.69, 9.17) is 4.42 Å². The zero-order valence-corrected chi connectivity index (χ0v) is 17.2. The minimum atomic E-state index is -3.75. The molecule has 0 unspecified atom stereocenters. The van der Waals surface area contributed by atoms with Crippen molar-refractivity contribution < 1.29 is 12.8 Å². The molecular weight excluding hydrogens is 392 g/mol. The Labute approximate surface area is 168 Å². The summed E-state index contributed by atoms with van der Waals surface area (Å²) in [6, 6.07) is 4.50. The van der Waals surface area contributed by atoms with E-state index in [1.54, 1.807) is 4.31 Å². The highest BCUT2D eigenvalue weighted by molar-refractivity contribution is 7.89. The van der Waals surface area contributed by atoms with Gasteiger partial charge in [0.15, 0.2) is 5.58 Å². The first-order chi connectivity index (χ1) is 13.9. The van der Waals surface area contributed by atoms with Crippen molar-refractivity contribution in [1.29, 1.82) is 0 Å². The molecule has 8 nitrogen and oxygen atoms in total. The van der Waals surface area contributed by atoms with Gasteiger partial charge in [-0.15, -0.1) is 0 Å². The Bertz CT molecular complexity index is 1230. The third kappa shape index (κ3) is 3.12. The van der Waals surface area contributed by atoms with Crippen LogP contribution < -0.4 is 5.76 Å². The molecule has 0 aliphatic heterocycles. The number of benzene rings is 1. The summed E-state index contributed by atoms with van der Waals surface area (Å²) in [5.41, 5.74) is 4.04. The third-order valence-electron chi connectivity index (χ3n) is 6.23. The highest BCUT2D eigenvalue weighted by Crippen LogP contribution is 2.33. The van der Waals surface area contributed by atoms with Crippen molar-refractivity contribution in [2.45, 2.75) is 62.4 Å². The number of nitrogens with one attached hydrogen (secondary N) is 1. The molecule has 5 rings (SSSR count). The van der Waals surface area contributed by atoms with Gasteiger partial charge >= 0.3 is 5.76 Å². The van der Waals surface area contributed by atoms with Gasteiger partial charge in [-0.3, -0.25) is 9.67 Å². The van der Waals surface area contributed by atoms with Gasteiger partial charge in [-0.2, -0.15) is 9.40 Å². The number of hydrogen-bond acceptors (Lipinski definition) is 5. The van der Waals surface area contributed by atoms with Crippen molar-refractivity contribution in [3.05, 3.63) is 45.7 Å². The summed E-state index contributed by atoms with van der Waals surface area (Å²) in [4.78, 5) is 14.2. The normalized spacial score (nSPS) is 17.6. The monoisotopic (exact) mass is 416 g/mol. The van der Waals surface area contributed by atoms with Gasteiger partial charge in [-0.1, -0.05) is 12.8 Å². The van der Waals surface area contributed by atoms with Crippen molar-refractivity contribution in [2.75, 3.05) is 0 Å². The number of sulfonamides is 1. The van der Waals surface area contributed by atoms with Gasteiger partial charge in [-0.25, -0.2) is 13.2 Å². The lowest BCUT2D eigenvalue weighted by atomic mass is 10.2. The minimum absolute atomic E-state index is 0.0295. The fourth-order valence-corrected chi connectivity index (χ4v) is 6.47.